The first kappa shape index (κ1) is 19.5. The van der Waals surface area contributed by atoms with E-state index in [-0.39, 0.29) is 17.7 Å². The van der Waals surface area contributed by atoms with Gasteiger partial charge in [-0.2, -0.15) is 0 Å². The fourth-order valence-electron chi connectivity index (χ4n) is 3.55. The zero-order chi connectivity index (χ0) is 19.4. The molecule has 0 radical (unpaired) electrons. The van der Waals surface area contributed by atoms with Gasteiger partial charge in [0, 0.05) is 30.5 Å². The molecule has 1 aromatic carbocycles. The number of carbonyl (C=O) groups excluding carboxylic acids is 2. The number of hydrogen-bond donors (Lipinski definition) is 1. The molecule has 0 saturated carbocycles. The maximum Gasteiger partial charge on any atom is 0.231 e. The number of rotatable bonds is 5. The van der Waals surface area contributed by atoms with Crippen LogP contribution in [0.4, 0.5) is 5.13 Å². The van der Waals surface area contributed by atoms with Gasteiger partial charge in [0.15, 0.2) is 5.13 Å². The summed E-state index contributed by atoms with van der Waals surface area (Å²) in [5.74, 6) is -0.0417. The van der Waals surface area contributed by atoms with E-state index in [2.05, 4.69) is 42.3 Å². The summed E-state index contributed by atoms with van der Waals surface area (Å²) in [4.78, 5) is 31.2. The first-order valence-corrected chi connectivity index (χ1v) is 10.5. The van der Waals surface area contributed by atoms with Crippen molar-refractivity contribution in [1.29, 1.82) is 0 Å². The predicted octanol–water partition coefficient (Wildman–Crippen LogP) is 4.40. The SMILES string of the molecule is CCCC(=O)N1CCCC(C(=O)Nc2nc(-c3ccc(C)cc3C)cs2)C1. The Morgan fingerprint density at radius 2 is 2.15 bits per heavy atom. The minimum absolute atomic E-state index is 0.0365. The van der Waals surface area contributed by atoms with Crippen molar-refractivity contribution in [1.82, 2.24) is 9.88 Å². The Balaban J connectivity index is 1.64. The minimum atomic E-state index is -0.159. The molecule has 2 heterocycles. The smallest absolute Gasteiger partial charge is 0.231 e. The molecule has 144 valence electrons. The quantitative estimate of drug-likeness (QED) is 0.829. The number of benzene rings is 1. The van der Waals surface area contributed by atoms with Crippen LogP contribution in [0.2, 0.25) is 0 Å². The molecule has 2 aromatic rings. The molecular weight excluding hydrogens is 358 g/mol. The molecule has 1 aliphatic heterocycles. The van der Waals surface area contributed by atoms with Crippen LogP contribution >= 0.6 is 11.3 Å². The molecule has 27 heavy (non-hydrogen) atoms. The maximum atomic E-state index is 12.7. The third-order valence-corrected chi connectivity index (χ3v) is 5.76. The van der Waals surface area contributed by atoms with Gasteiger partial charge in [0.1, 0.15) is 0 Å². The van der Waals surface area contributed by atoms with E-state index in [1.807, 2.05) is 17.2 Å². The normalized spacial score (nSPS) is 17.0. The van der Waals surface area contributed by atoms with E-state index < -0.39 is 0 Å². The Morgan fingerprint density at radius 1 is 1.33 bits per heavy atom. The van der Waals surface area contributed by atoms with E-state index in [0.717, 1.165) is 37.1 Å². The monoisotopic (exact) mass is 385 g/mol. The lowest BCUT2D eigenvalue weighted by atomic mass is 9.97. The Hall–Kier alpha value is -2.21. The van der Waals surface area contributed by atoms with Crippen LogP contribution in [0, 0.1) is 19.8 Å². The number of nitrogens with one attached hydrogen (secondary N) is 1. The average molecular weight is 386 g/mol. The summed E-state index contributed by atoms with van der Waals surface area (Å²) in [6, 6.07) is 6.28. The van der Waals surface area contributed by atoms with Crippen LogP contribution in [-0.4, -0.2) is 34.8 Å². The van der Waals surface area contributed by atoms with Gasteiger partial charge in [-0.3, -0.25) is 9.59 Å². The highest BCUT2D eigenvalue weighted by Crippen LogP contribution is 2.28. The molecule has 0 bridgehead atoms. The maximum absolute atomic E-state index is 12.7. The van der Waals surface area contributed by atoms with Gasteiger partial charge < -0.3 is 10.2 Å². The second kappa shape index (κ2) is 8.65. The van der Waals surface area contributed by atoms with Crippen molar-refractivity contribution in [3.8, 4) is 11.3 Å². The lowest BCUT2D eigenvalue weighted by Crippen LogP contribution is -2.43. The zero-order valence-corrected chi connectivity index (χ0v) is 17.1. The van der Waals surface area contributed by atoms with Gasteiger partial charge in [-0.1, -0.05) is 30.7 Å². The first-order valence-electron chi connectivity index (χ1n) is 9.59. The number of piperidine rings is 1. The summed E-state index contributed by atoms with van der Waals surface area (Å²) in [5, 5.41) is 5.55. The molecular formula is C21H27N3O2S. The number of nitrogens with zero attached hydrogens (tertiary/aromatic N) is 2. The zero-order valence-electron chi connectivity index (χ0n) is 16.2. The molecule has 0 spiro atoms. The number of hydrogen-bond acceptors (Lipinski definition) is 4. The van der Waals surface area contributed by atoms with Crippen molar-refractivity contribution in [3.63, 3.8) is 0 Å². The fourth-order valence-corrected chi connectivity index (χ4v) is 4.27. The number of anilines is 1. The second-order valence-corrected chi connectivity index (χ2v) is 8.13. The number of amides is 2. The molecule has 5 nitrogen and oxygen atoms in total. The Bertz CT molecular complexity index is 831. The van der Waals surface area contributed by atoms with Crippen LogP contribution in [0.1, 0.15) is 43.7 Å². The highest BCUT2D eigenvalue weighted by molar-refractivity contribution is 7.14. The van der Waals surface area contributed by atoms with E-state index in [1.54, 1.807) is 0 Å². The molecule has 2 amide bonds. The summed E-state index contributed by atoms with van der Waals surface area (Å²) < 4.78 is 0. The van der Waals surface area contributed by atoms with Crippen LogP contribution in [0.3, 0.4) is 0 Å². The van der Waals surface area contributed by atoms with E-state index in [0.29, 0.717) is 18.1 Å². The lowest BCUT2D eigenvalue weighted by Gasteiger charge is -2.31. The molecule has 1 fully saturated rings. The highest BCUT2D eigenvalue weighted by atomic mass is 32.1. The molecule has 1 N–H and O–H groups in total. The van der Waals surface area contributed by atoms with Crippen molar-refractivity contribution in [2.75, 3.05) is 18.4 Å². The van der Waals surface area contributed by atoms with Crippen LogP contribution in [0.5, 0.6) is 0 Å². The summed E-state index contributed by atoms with van der Waals surface area (Å²) in [6.45, 7) is 7.42. The topological polar surface area (TPSA) is 62.3 Å². The van der Waals surface area contributed by atoms with E-state index >= 15 is 0 Å². The second-order valence-electron chi connectivity index (χ2n) is 7.27. The average Bonchev–Trinajstić information content (AvgIpc) is 3.10. The van der Waals surface area contributed by atoms with E-state index in [1.165, 1.54) is 22.5 Å². The van der Waals surface area contributed by atoms with Gasteiger partial charge in [0.05, 0.1) is 11.6 Å². The van der Waals surface area contributed by atoms with Crippen molar-refractivity contribution >= 4 is 28.3 Å². The van der Waals surface area contributed by atoms with Gasteiger partial charge in [0.2, 0.25) is 11.8 Å². The summed E-state index contributed by atoms with van der Waals surface area (Å²) >= 11 is 1.44. The van der Waals surface area contributed by atoms with Crippen LogP contribution < -0.4 is 5.32 Å². The van der Waals surface area contributed by atoms with E-state index in [9.17, 15) is 9.59 Å². The number of aromatic nitrogens is 1. The Morgan fingerprint density at radius 3 is 2.89 bits per heavy atom. The standard InChI is InChI=1S/C21H27N3O2S/c1-4-6-19(25)24-10-5-7-16(12-24)20(26)23-21-22-18(13-27-21)17-9-8-14(2)11-15(17)3/h8-9,11,13,16H,4-7,10,12H2,1-3H3,(H,22,23,26). The van der Waals surface area contributed by atoms with Crippen LogP contribution in [0.15, 0.2) is 23.6 Å². The van der Waals surface area contributed by atoms with Gasteiger partial charge in [-0.05, 0) is 38.7 Å². The van der Waals surface area contributed by atoms with Crippen molar-refractivity contribution in [3.05, 3.63) is 34.7 Å². The van der Waals surface area contributed by atoms with Crippen molar-refractivity contribution in [2.45, 2.75) is 46.5 Å². The molecule has 3 rings (SSSR count). The van der Waals surface area contributed by atoms with Gasteiger partial charge in [0.25, 0.3) is 0 Å². The molecule has 1 saturated heterocycles. The fraction of sp³-hybridized carbons (Fsp3) is 0.476. The Labute approximate surface area is 164 Å². The minimum Gasteiger partial charge on any atom is -0.342 e. The Kier molecular flexibility index (Phi) is 6.26. The first-order chi connectivity index (χ1) is 13.0. The summed E-state index contributed by atoms with van der Waals surface area (Å²) in [6.07, 6.45) is 3.09. The summed E-state index contributed by atoms with van der Waals surface area (Å²) in [5.41, 5.74) is 4.37. The van der Waals surface area contributed by atoms with Crippen molar-refractivity contribution < 1.29 is 9.59 Å². The third-order valence-electron chi connectivity index (χ3n) is 5.00. The molecule has 0 aliphatic carbocycles. The predicted molar refractivity (Wildman–Crippen MR) is 110 cm³/mol. The number of likely N-dealkylation sites (tertiary alicyclic amines) is 1. The number of carbonyl (C=O) groups is 2. The summed E-state index contributed by atoms with van der Waals surface area (Å²) in [7, 11) is 0. The molecule has 1 atom stereocenters. The van der Waals surface area contributed by atoms with Crippen LogP contribution in [0.25, 0.3) is 11.3 Å². The van der Waals surface area contributed by atoms with Crippen LogP contribution in [-0.2, 0) is 9.59 Å². The molecule has 6 heteroatoms. The van der Waals surface area contributed by atoms with Crippen molar-refractivity contribution in [2.24, 2.45) is 5.92 Å². The lowest BCUT2D eigenvalue weighted by molar-refractivity contribution is -0.134. The third kappa shape index (κ3) is 4.75. The molecule has 1 aromatic heterocycles. The largest absolute Gasteiger partial charge is 0.342 e. The molecule has 1 aliphatic rings. The number of aryl methyl sites for hydroxylation is 2. The van der Waals surface area contributed by atoms with E-state index in [4.69, 9.17) is 0 Å². The molecule has 1 unspecified atom stereocenters. The van der Waals surface area contributed by atoms with Gasteiger partial charge in [-0.15, -0.1) is 11.3 Å². The highest BCUT2D eigenvalue weighted by Gasteiger charge is 2.28. The number of thiazole rings is 1. The van der Waals surface area contributed by atoms with Gasteiger partial charge >= 0.3 is 0 Å². The van der Waals surface area contributed by atoms with Gasteiger partial charge in [-0.25, -0.2) is 4.98 Å².